The lowest BCUT2D eigenvalue weighted by atomic mass is 9.96. The summed E-state index contributed by atoms with van der Waals surface area (Å²) < 4.78 is 34.1. The minimum Gasteiger partial charge on any atom is -0.394 e. The molecule has 0 aromatic rings. The van der Waals surface area contributed by atoms with Gasteiger partial charge >= 0.3 is 0 Å². The second-order valence-electron chi connectivity index (χ2n) is 23.9. The molecule has 1 amide bonds. The van der Waals surface area contributed by atoms with Crippen molar-refractivity contribution >= 4 is 5.91 Å². The fourth-order valence-electron chi connectivity index (χ4n) is 11.6. The number of unbranched alkanes of at least 4 members (excludes halogenated alkanes) is 34. The van der Waals surface area contributed by atoms with E-state index in [2.05, 4.69) is 12.2 Å². The van der Waals surface area contributed by atoms with Crippen molar-refractivity contribution in [2.24, 2.45) is 0 Å². The molecule has 0 aromatic carbocycles. The summed E-state index contributed by atoms with van der Waals surface area (Å²) in [6.07, 6.45) is 20.7. The number of hydrogen-bond acceptors (Lipinski definition) is 18. The molecular weight excluding hydrogens is 1050 g/mol. The Morgan fingerprint density at radius 3 is 1.07 bits per heavy atom. The van der Waals surface area contributed by atoms with Gasteiger partial charge < -0.3 is 89.9 Å². The number of amides is 1. The largest absolute Gasteiger partial charge is 0.394 e. The van der Waals surface area contributed by atoms with Gasteiger partial charge in [0.05, 0.1) is 38.6 Å². The third-order valence-electron chi connectivity index (χ3n) is 16.9. The summed E-state index contributed by atoms with van der Waals surface area (Å²) in [5.74, 6) is -0.264. The van der Waals surface area contributed by atoms with Gasteiger partial charge in [-0.3, -0.25) is 4.79 Å². The number of aliphatic hydroxyl groups excluding tert-OH is 11. The summed E-state index contributed by atoms with van der Waals surface area (Å²) in [7, 11) is 0. The lowest BCUT2D eigenvalue weighted by molar-refractivity contribution is -0.379. The average molecular weight is 1170 g/mol. The molecule has 17 unspecified atom stereocenters. The van der Waals surface area contributed by atoms with E-state index < -0.39 is 124 Å². The minimum atomic E-state index is -1.97. The quantitative estimate of drug-likeness (QED) is 0.0269. The number of aliphatic hydroxyl groups is 11. The van der Waals surface area contributed by atoms with Crippen molar-refractivity contribution in [3.8, 4) is 0 Å². The van der Waals surface area contributed by atoms with Crippen LogP contribution in [0.15, 0.2) is 0 Å². The van der Waals surface area contributed by atoms with Crippen LogP contribution in [0.1, 0.15) is 258 Å². The van der Waals surface area contributed by atoms with Crippen LogP contribution in [-0.4, -0.2) is 193 Å². The maximum Gasteiger partial charge on any atom is 0.220 e. The Balaban J connectivity index is 1.26. The van der Waals surface area contributed by atoms with E-state index in [1.165, 1.54) is 186 Å². The number of carbonyl (C=O) groups excluding carboxylic acids is 1. The average Bonchev–Trinajstić information content (AvgIpc) is 3.57. The summed E-state index contributed by atoms with van der Waals surface area (Å²) >= 11 is 0. The number of rotatable bonds is 50. The van der Waals surface area contributed by atoms with E-state index in [-0.39, 0.29) is 18.9 Å². The Morgan fingerprint density at radius 1 is 0.395 bits per heavy atom. The molecule has 3 fully saturated rings. The zero-order valence-electron chi connectivity index (χ0n) is 50.3. The molecule has 0 bridgehead atoms. The van der Waals surface area contributed by atoms with Crippen LogP contribution in [0.3, 0.4) is 0 Å². The molecule has 19 heteroatoms. The fourth-order valence-corrected chi connectivity index (χ4v) is 11.6. The van der Waals surface area contributed by atoms with Gasteiger partial charge in [-0.1, -0.05) is 239 Å². The van der Waals surface area contributed by atoms with Crippen LogP contribution in [0.25, 0.3) is 0 Å². The van der Waals surface area contributed by atoms with Crippen LogP contribution in [0.5, 0.6) is 0 Å². The van der Waals surface area contributed by atoms with E-state index in [1.54, 1.807) is 0 Å². The van der Waals surface area contributed by atoms with Gasteiger partial charge in [0.2, 0.25) is 5.91 Å². The van der Waals surface area contributed by atoms with Gasteiger partial charge in [0.25, 0.3) is 0 Å². The van der Waals surface area contributed by atoms with Crippen molar-refractivity contribution < 1.29 is 89.4 Å². The molecule has 12 N–H and O–H groups in total. The molecular formula is C62H119NO18. The molecule has 3 rings (SSSR count). The number of nitrogens with one attached hydrogen (secondary N) is 1. The molecule has 3 saturated heterocycles. The molecule has 3 heterocycles. The molecule has 19 nitrogen and oxygen atoms in total. The lowest BCUT2D eigenvalue weighted by Gasteiger charge is -2.48. The Kier molecular flexibility index (Phi) is 42.1. The summed E-state index contributed by atoms with van der Waals surface area (Å²) in [5.41, 5.74) is 0. The first-order valence-corrected chi connectivity index (χ1v) is 32.8. The predicted molar refractivity (Wildman–Crippen MR) is 310 cm³/mol. The van der Waals surface area contributed by atoms with Crippen molar-refractivity contribution in [1.29, 1.82) is 0 Å². The van der Waals surface area contributed by atoms with Crippen molar-refractivity contribution in [1.82, 2.24) is 5.32 Å². The highest BCUT2D eigenvalue weighted by Gasteiger charge is 2.53. The van der Waals surface area contributed by atoms with Crippen molar-refractivity contribution in [2.75, 3.05) is 26.4 Å². The smallest absolute Gasteiger partial charge is 0.220 e. The van der Waals surface area contributed by atoms with Gasteiger partial charge in [-0.2, -0.15) is 0 Å². The third-order valence-corrected chi connectivity index (χ3v) is 16.9. The molecule has 81 heavy (non-hydrogen) atoms. The van der Waals surface area contributed by atoms with Crippen LogP contribution in [0.2, 0.25) is 0 Å². The zero-order chi connectivity index (χ0) is 59.0. The second-order valence-corrected chi connectivity index (χ2v) is 23.9. The Morgan fingerprint density at radius 2 is 0.704 bits per heavy atom. The molecule has 0 radical (unpaired) electrons. The molecule has 0 aliphatic carbocycles. The highest BCUT2D eigenvalue weighted by atomic mass is 16.8. The van der Waals surface area contributed by atoms with E-state index in [0.29, 0.717) is 12.8 Å². The van der Waals surface area contributed by atoms with E-state index in [4.69, 9.17) is 28.4 Å². The second kappa shape index (κ2) is 46.0. The van der Waals surface area contributed by atoms with Crippen molar-refractivity contribution in [3.63, 3.8) is 0 Å². The minimum absolute atomic E-state index is 0.255. The number of carbonyl (C=O) groups is 1. The van der Waals surface area contributed by atoms with Crippen LogP contribution in [0.4, 0.5) is 0 Å². The van der Waals surface area contributed by atoms with Crippen LogP contribution >= 0.6 is 0 Å². The van der Waals surface area contributed by atoms with Gasteiger partial charge in [-0.05, 0) is 12.8 Å². The van der Waals surface area contributed by atoms with Gasteiger partial charge in [-0.25, -0.2) is 0 Å². The fraction of sp³-hybridized carbons (Fsp3) is 0.984. The molecule has 3 aliphatic heterocycles. The molecule has 0 spiro atoms. The lowest BCUT2D eigenvalue weighted by Crippen LogP contribution is -2.66. The molecule has 480 valence electrons. The Hall–Kier alpha value is -1.21. The topological polar surface area (TPSA) is 307 Å². The summed E-state index contributed by atoms with van der Waals surface area (Å²) in [5, 5.41) is 120. The first-order valence-electron chi connectivity index (χ1n) is 32.8. The monoisotopic (exact) mass is 1170 g/mol. The zero-order valence-corrected chi connectivity index (χ0v) is 50.3. The maximum absolute atomic E-state index is 13.0. The molecule has 3 aliphatic rings. The first-order chi connectivity index (χ1) is 39.3. The molecule has 0 saturated carbocycles. The Labute approximate surface area is 487 Å². The number of ether oxygens (including phenoxy) is 6. The van der Waals surface area contributed by atoms with Gasteiger partial charge in [0.1, 0.15) is 73.2 Å². The predicted octanol–water partition coefficient (Wildman–Crippen LogP) is 7.16. The normalized spacial score (nSPS) is 29.7. The van der Waals surface area contributed by atoms with E-state index in [0.717, 1.165) is 38.5 Å². The standard InChI is InChI=1S/C62H119NO18/c1-3-5-7-8-9-10-11-12-13-14-15-16-17-18-19-20-21-22-23-24-25-26-27-28-29-30-31-32-33-34-35-36-38-39-46(67)45(63-50(68)40-37-6-4-2)44-76-60-56(74)53(71)58(48(42-65)78-60)81-62-57(75)54(72)59(49(43-66)79-62)80-61-55(73)52(70)51(69)47(41-64)77-61/h45-49,51-62,64-67,69-75H,3-44H2,1-2H3,(H,63,68). The number of hydrogen-bond donors (Lipinski definition) is 12. The van der Waals surface area contributed by atoms with Gasteiger partial charge in [-0.15, -0.1) is 0 Å². The summed E-state index contributed by atoms with van der Waals surface area (Å²) in [6.45, 7) is 1.62. The van der Waals surface area contributed by atoms with E-state index in [1.807, 2.05) is 6.92 Å². The summed E-state index contributed by atoms with van der Waals surface area (Å²) in [4.78, 5) is 13.0. The van der Waals surface area contributed by atoms with Crippen molar-refractivity contribution in [2.45, 2.75) is 362 Å². The van der Waals surface area contributed by atoms with Crippen LogP contribution in [0, 0.1) is 0 Å². The van der Waals surface area contributed by atoms with Crippen LogP contribution in [-0.2, 0) is 33.2 Å². The highest BCUT2D eigenvalue weighted by Crippen LogP contribution is 2.33. The van der Waals surface area contributed by atoms with Gasteiger partial charge in [0.15, 0.2) is 18.9 Å². The highest BCUT2D eigenvalue weighted by molar-refractivity contribution is 5.76. The summed E-state index contributed by atoms with van der Waals surface area (Å²) in [6, 6.07) is -0.877. The molecule has 0 aromatic heterocycles. The SMILES string of the molecule is CCCCCCCCCCCCCCCCCCCCCCCCCCCCCCCCCCCC(O)C(COC1OC(CO)C(OC2OC(CO)C(OC3OC(CO)C(O)C(O)C3O)C(O)C2O)C(O)C1O)NC(=O)CCCCC. The van der Waals surface area contributed by atoms with E-state index >= 15 is 0 Å². The first kappa shape index (κ1) is 74.0. The molecule has 17 atom stereocenters. The Bertz CT molecular complexity index is 1490. The third kappa shape index (κ3) is 29.4. The van der Waals surface area contributed by atoms with Crippen LogP contribution < -0.4 is 5.32 Å². The maximum atomic E-state index is 13.0. The van der Waals surface area contributed by atoms with Crippen molar-refractivity contribution in [3.05, 3.63) is 0 Å². The van der Waals surface area contributed by atoms with Gasteiger partial charge in [0, 0.05) is 6.42 Å². The van der Waals surface area contributed by atoms with E-state index in [9.17, 15) is 61.0 Å².